The lowest BCUT2D eigenvalue weighted by Crippen LogP contribution is -2.05. The predicted molar refractivity (Wildman–Crippen MR) is 57.6 cm³/mol. The molecule has 1 aromatic carbocycles. The second-order valence-corrected chi connectivity index (χ2v) is 3.31. The normalized spacial score (nSPS) is 13.7. The number of rotatable bonds is 0. The third-order valence-electron chi connectivity index (χ3n) is 2.47. The maximum absolute atomic E-state index is 4.17. The molecule has 0 amide bonds. The molecule has 3 rings (SSSR count). The minimum atomic E-state index is 0.757. The maximum atomic E-state index is 4.17. The van der Waals surface area contributed by atoms with Gasteiger partial charge < -0.3 is 5.32 Å². The molecule has 3 nitrogen and oxygen atoms in total. The van der Waals surface area contributed by atoms with E-state index in [1.165, 1.54) is 10.9 Å². The van der Waals surface area contributed by atoms with Crippen LogP contribution < -0.4 is 5.32 Å². The van der Waals surface area contributed by atoms with Gasteiger partial charge in [0.25, 0.3) is 0 Å². The van der Waals surface area contributed by atoms with Crippen LogP contribution in [0.25, 0.3) is 10.8 Å². The molecule has 0 saturated heterocycles. The van der Waals surface area contributed by atoms with Gasteiger partial charge in [-0.05, 0) is 17.0 Å². The van der Waals surface area contributed by atoms with Crippen LogP contribution >= 0.6 is 0 Å². The molecular weight excluding hydrogens is 174 g/mol. The molecule has 3 heteroatoms. The van der Waals surface area contributed by atoms with Crippen LogP contribution in [0.5, 0.6) is 0 Å². The van der Waals surface area contributed by atoms with Crippen LogP contribution in [0.3, 0.4) is 0 Å². The first-order valence-corrected chi connectivity index (χ1v) is 4.55. The smallest absolute Gasteiger partial charge is 0.0872 e. The number of hydrogen-bond acceptors (Lipinski definition) is 3. The van der Waals surface area contributed by atoms with E-state index < -0.39 is 0 Å². The van der Waals surface area contributed by atoms with Gasteiger partial charge in [-0.3, -0.25) is 9.98 Å². The lowest BCUT2D eigenvalue weighted by molar-refractivity contribution is 1.06. The number of nitrogens with one attached hydrogen (secondary N) is 1. The van der Waals surface area contributed by atoms with E-state index in [0.717, 1.165) is 17.6 Å². The molecule has 2 heterocycles. The summed E-state index contributed by atoms with van der Waals surface area (Å²) in [6.07, 6.45) is 5.45. The van der Waals surface area contributed by atoms with Crippen LogP contribution in [0.4, 0.5) is 5.69 Å². The van der Waals surface area contributed by atoms with Crippen LogP contribution in [0.1, 0.15) is 5.56 Å². The van der Waals surface area contributed by atoms with Crippen LogP contribution in [-0.4, -0.2) is 11.3 Å². The average molecular weight is 183 g/mol. The Balaban J connectivity index is 2.37. The second-order valence-electron chi connectivity index (χ2n) is 3.31. The molecule has 1 aliphatic rings. The zero-order chi connectivity index (χ0) is 9.38. The number of benzene rings is 1. The summed E-state index contributed by atoms with van der Waals surface area (Å²) in [5.41, 5.74) is 2.37. The minimum Gasteiger partial charge on any atom is -0.346 e. The third kappa shape index (κ3) is 0.988. The van der Waals surface area contributed by atoms with E-state index in [-0.39, 0.29) is 0 Å². The lowest BCUT2D eigenvalue weighted by Gasteiger charge is -2.14. The number of pyridine rings is 1. The molecule has 1 aliphatic heterocycles. The van der Waals surface area contributed by atoms with Gasteiger partial charge in [-0.2, -0.15) is 0 Å². The second kappa shape index (κ2) is 2.80. The zero-order valence-electron chi connectivity index (χ0n) is 7.57. The summed E-state index contributed by atoms with van der Waals surface area (Å²) < 4.78 is 0. The molecule has 0 unspecified atom stereocenters. The van der Waals surface area contributed by atoms with Gasteiger partial charge in [0.05, 0.1) is 18.6 Å². The Morgan fingerprint density at radius 1 is 1.21 bits per heavy atom. The van der Waals surface area contributed by atoms with Crippen molar-refractivity contribution in [3.05, 3.63) is 36.2 Å². The van der Waals surface area contributed by atoms with E-state index in [1.54, 1.807) is 6.34 Å². The van der Waals surface area contributed by atoms with E-state index in [9.17, 15) is 0 Å². The Morgan fingerprint density at radius 3 is 3.21 bits per heavy atom. The minimum absolute atomic E-state index is 0.757. The van der Waals surface area contributed by atoms with Gasteiger partial charge in [-0.15, -0.1) is 0 Å². The van der Waals surface area contributed by atoms with Crippen molar-refractivity contribution >= 4 is 22.8 Å². The maximum Gasteiger partial charge on any atom is 0.0872 e. The molecule has 0 atom stereocenters. The predicted octanol–water partition coefficient (Wildman–Crippen LogP) is 2.19. The number of aliphatic imine (C=N–C) groups is 1. The van der Waals surface area contributed by atoms with Crippen molar-refractivity contribution in [2.45, 2.75) is 6.54 Å². The fourth-order valence-corrected chi connectivity index (χ4v) is 1.76. The van der Waals surface area contributed by atoms with E-state index in [2.05, 4.69) is 27.4 Å². The summed E-state index contributed by atoms with van der Waals surface area (Å²) in [5.74, 6) is 0. The number of aromatic nitrogens is 1. The quantitative estimate of drug-likeness (QED) is 0.679. The Morgan fingerprint density at radius 2 is 2.21 bits per heavy atom. The molecule has 14 heavy (non-hydrogen) atoms. The highest BCUT2D eigenvalue weighted by molar-refractivity contribution is 5.99. The van der Waals surface area contributed by atoms with Crippen molar-refractivity contribution in [1.82, 2.24) is 4.98 Å². The largest absolute Gasteiger partial charge is 0.346 e. The number of hydrogen-bond donors (Lipinski definition) is 1. The zero-order valence-corrected chi connectivity index (χ0v) is 7.57. The molecule has 0 radical (unpaired) electrons. The van der Waals surface area contributed by atoms with Gasteiger partial charge in [0.1, 0.15) is 0 Å². The summed E-state index contributed by atoms with van der Waals surface area (Å²) in [5, 5.41) is 5.55. The van der Waals surface area contributed by atoms with E-state index in [1.807, 2.05) is 18.5 Å². The Bertz CT molecular complexity index is 517. The van der Waals surface area contributed by atoms with E-state index in [0.29, 0.717) is 0 Å². The summed E-state index contributed by atoms with van der Waals surface area (Å²) in [6.45, 7) is 0.757. The van der Waals surface area contributed by atoms with Crippen molar-refractivity contribution in [2.75, 3.05) is 5.32 Å². The Hall–Kier alpha value is -1.90. The van der Waals surface area contributed by atoms with E-state index in [4.69, 9.17) is 0 Å². The van der Waals surface area contributed by atoms with Crippen LogP contribution in [0.2, 0.25) is 0 Å². The molecule has 0 saturated carbocycles. The number of anilines is 1. The Kier molecular flexibility index (Phi) is 1.50. The van der Waals surface area contributed by atoms with Crippen molar-refractivity contribution in [3.8, 4) is 0 Å². The summed E-state index contributed by atoms with van der Waals surface area (Å²) in [6, 6.07) is 6.24. The molecule has 2 aromatic rings. The van der Waals surface area contributed by atoms with Crippen LogP contribution in [-0.2, 0) is 6.54 Å². The molecular formula is C11H9N3. The molecule has 68 valence electrons. The number of nitrogens with zero attached hydrogens (tertiary/aromatic N) is 2. The molecule has 1 N–H and O–H groups in total. The third-order valence-corrected chi connectivity index (χ3v) is 2.47. The molecule has 0 aliphatic carbocycles. The fourth-order valence-electron chi connectivity index (χ4n) is 1.76. The summed E-state index contributed by atoms with van der Waals surface area (Å²) in [4.78, 5) is 8.31. The Labute approximate surface area is 81.5 Å². The van der Waals surface area contributed by atoms with Gasteiger partial charge in [0, 0.05) is 17.8 Å². The van der Waals surface area contributed by atoms with E-state index >= 15 is 0 Å². The van der Waals surface area contributed by atoms with Crippen molar-refractivity contribution in [2.24, 2.45) is 4.99 Å². The summed E-state index contributed by atoms with van der Waals surface area (Å²) >= 11 is 0. The number of fused-ring (bicyclic) bond motifs is 3. The molecule has 0 spiro atoms. The van der Waals surface area contributed by atoms with Gasteiger partial charge in [-0.1, -0.05) is 12.1 Å². The summed E-state index contributed by atoms with van der Waals surface area (Å²) in [7, 11) is 0. The first-order chi connectivity index (χ1) is 6.95. The lowest BCUT2D eigenvalue weighted by atomic mass is 10.1. The molecule has 1 aromatic heterocycles. The van der Waals surface area contributed by atoms with Gasteiger partial charge in [0.15, 0.2) is 0 Å². The average Bonchev–Trinajstić information content (AvgIpc) is 2.29. The molecule has 0 bridgehead atoms. The SMILES string of the molecule is C1=NCc2ccc3ccncc3c2N1. The highest BCUT2D eigenvalue weighted by atomic mass is 15.0. The first kappa shape index (κ1) is 7.50. The fraction of sp³-hybridized carbons (Fsp3) is 0.0909. The van der Waals surface area contributed by atoms with Gasteiger partial charge in [-0.25, -0.2) is 0 Å². The monoisotopic (exact) mass is 183 g/mol. The highest BCUT2D eigenvalue weighted by Gasteiger charge is 2.08. The highest BCUT2D eigenvalue weighted by Crippen LogP contribution is 2.28. The van der Waals surface area contributed by atoms with Crippen molar-refractivity contribution < 1.29 is 0 Å². The van der Waals surface area contributed by atoms with Gasteiger partial charge >= 0.3 is 0 Å². The van der Waals surface area contributed by atoms with Crippen molar-refractivity contribution in [1.29, 1.82) is 0 Å². The van der Waals surface area contributed by atoms with Crippen LogP contribution in [0.15, 0.2) is 35.6 Å². The first-order valence-electron chi connectivity index (χ1n) is 4.55. The standard InChI is InChI=1S/C11H9N3/c1-2-9-5-13-7-14-11(9)10-6-12-4-3-8(1)10/h1-4,6-7H,5H2,(H,13,14). The molecule has 0 fully saturated rings. The van der Waals surface area contributed by atoms with Gasteiger partial charge in [0.2, 0.25) is 0 Å². The topological polar surface area (TPSA) is 37.3 Å². The van der Waals surface area contributed by atoms with Crippen molar-refractivity contribution in [3.63, 3.8) is 0 Å². The van der Waals surface area contributed by atoms with Crippen LogP contribution in [0, 0.1) is 0 Å².